The number of hydrogen-bond acceptors (Lipinski definition) is 5. The van der Waals surface area contributed by atoms with E-state index in [4.69, 9.17) is 4.98 Å². The summed E-state index contributed by atoms with van der Waals surface area (Å²) in [7, 11) is 0. The molecular weight excluding hydrogens is 362 g/mol. The van der Waals surface area contributed by atoms with E-state index in [0.29, 0.717) is 5.75 Å². The summed E-state index contributed by atoms with van der Waals surface area (Å²) >= 11 is 3.40. The summed E-state index contributed by atoms with van der Waals surface area (Å²) in [5, 5.41) is 2.20. The van der Waals surface area contributed by atoms with Crippen molar-refractivity contribution in [3.63, 3.8) is 0 Å². The van der Waals surface area contributed by atoms with Gasteiger partial charge in [0.2, 0.25) is 5.91 Å². The van der Waals surface area contributed by atoms with Crippen molar-refractivity contribution in [2.75, 3.05) is 5.75 Å². The van der Waals surface area contributed by atoms with Gasteiger partial charge in [-0.1, -0.05) is 18.7 Å². The summed E-state index contributed by atoms with van der Waals surface area (Å²) in [5.74, 6) is 2.15. The Morgan fingerprint density at radius 2 is 1.96 bits per heavy atom. The van der Waals surface area contributed by atoms with Crippen LogP contribution in [-0.4, -0.2) is 38.6 Å². The lowest BCUT2D eigenvalue weighted by Gasteiger charge is -2.30. The number of thioether (sulfide) groups is 1. The zero-order valence-electron chi connectivity index (χ0n) is 16.6. The molecule has 3 rings (SSSR count). The van der Waals surface area contributed by atoms with Gasteiger partial charge in [0.15, 0.2) is 0 Å². The van der Waals surface area contributed by atoms with Crippen LogP contribution in [0.5, 0.6) is 0 Å². The Morgan fingerprint density at radius 3 is 2.62 bits per heavy atom. The smallest absolute Gasteiger partial charge is 0.233 e. The van der Waals surface area contributed by atoms with Gasteiger partial charge in [-0.2, -0.15) is 0 Å². The third-order valence-electron chi connectivity index (χ3n) is 4.97. The van der Waals surface area contributed by atoms with E-state index in [1.54, 1.807) is 11.8 Å². The normalized spacial score (nSPS) is 17.2. The number of carbonyl (C=O) groups is 1. The second kappa shape index (κ2) is 7.85. The third kappa shape index (κ3) is 3.91. The number of aromatic nitrogens is 2. The number of hydrogen-bond donors (Lipinski definition) is 0. The largest absolute Gasteiger partial charge is 0.337 e. The Morgan fingerprint density at radius 1 is 1.27 bits per heavy atom. The molecule has 0 aliphatic heterocycles. The zero-order chi connectivity index (χ0) is 19.0. The van der Waals surface area contributed by atoms with Gasteiger partial charge in [0.05, 0.1) is 5.75 Å². The molecule has 2 aromatic rings. The number of aryl methyl sites for hydroxylation is 2. The van der Waals surface area contributed by atoms with Crippen LogP contribution < -0.4 is 0 Å². The second-order valence-electron chi connectivity index (χ2n) is 7.89. The van der Waals surface area contributed by atoms with Gasteiger partial charge in [-0.25, -0.2) is 9.97 Å². The highest BCUT2D eigenvalue weighted by Gasteiger charge is 2.25. The van der Waals surface area contributed by atoms with Crippen LogP contribution in [0.4, 0.5) is 0 Å². The molecule has 2 heterocycles. The first kappa shape index (κ1) is 19.6. The van der Waals surface area contributed by atoms with Crippen molar-refractivity contribution >= 4 is 39.2 Å². The predicted molar refractivity (Wildman–Crippen MR) is 111 cm³/mol. The first-order chi connectivity index (χ1) is 12.3. The molecule has 0 saturated heterocycles. The van der Waals surface area contributed by atoms with Crippen molar-refractivity contribution in [3.05, 3.63) is 16.3 Å². The monoisotopic (exact) mass is 391 g/mol. The van der Waals surface area contributed by atoms with Crippen molar-refractivity contribution in [2.45, 2.75) is 77.9 Å². The quantitative estimate of drug-likeness (QED) is 0.539. The summed E-state index contributed by atoms with van der Waals surface area (Å²) in [6.07, 6.45) is 3.48. The first-order valence-corrected chi connectivity index (χ1v) is 11.3. The molecule has 1 aliphatic carbocycles. The van der Waals surface area contributed by atoms with E-state index in [1.165, 1.54) is 22.2 Å². The van der Waals surface area contributed by atoms with Crippen LogP contribution in [0.15, 0.2) is 5.03 Å². The maximum absolute atomic E-state index is 12.8. The Labute approximate surface area is 164 Å². The molecule has 0 fully saturated rings. The first-order valence-electron chi connectivity index (χ1n) is 9.50. The molecule has 142 valence electrons. The van der Waals surface area contributed by atoms with Crippen molar-refractivity contribution in [3.8, 4) is 0 Å². The van der Waals surface area contributed by atoms with Crippen LogP contribution in [0.3, 0.4) is 0 Å². The molecule has 1 amide bonds. The number of fused-ring (bicyclic) bond motifs is 3. The SMILES string of the molecule is Cc1nc(SCC(=O)N(C(C)C)C(C)C)c2c3c(sc2n1)CC(C)CC3. The Bertz CT molecular complexity index is 805. The minimum absolute atomic E-state index is 0.183. The molecule has 0 spiro atoms. The molecule has 1 atom stereocenters. The van der Waals surface area contributed by atoms with E-state index < -0.39 is 0 Å². The summed E-state index contributed by atoms with van der Waals surface area (Å²) in [6.45, 7) is 12.6. The fourth-order valence-corrected chi connectivity index (χ4v) is 6.35. The third-order valence-corrected chi connectivity index (χ3v) is 7.08. The zero-order valence-corrected chi connectivity index (χ0v) is 18.3. The number of amides is 1. The molecular formula is C20H29N3OS2. The summed E-state index contributed by atoms with van der Waals surface area (Å²) in [6, 6.07) is 0.427. The molecule has 0 radical (unpaired) electrons. The van der Waals surface area contributed by atoms with Gasteiger partial charge in [0.25, 0.3) is 0 Å². The van der Waals surface area contributed by atoms with Gasteiger partial charge in [-0.05, 0) is 65.4 Å². The van der Waals surface area contributed by atoms with Crippen LogP contribution in [0.25, 0.3) is 10.2 Å². The Kier molecular flexibility index (Phi) is 5.92. The molecule has 4 nitrogen and oxygen atoms in total. The minimum atomic E-state index is 0.183. The van der Waals surface area contributed by atoms with Crippen molar-refractivity contribution in [1.29, 1.82) is 0 Å². The molecule has 26 heavy (non-hydrogen) atoms. The molecule has 1 aliphatic rings. The predicted octanol–water partition coefficient (Wildman–Crippen LogP) is 4.86. The standard InChI is InChI=1S/C20H29N3OS2/c1-11(2)23(12(3)4)17(24)10-25-19-18-15-8-7-13(5)9-16(15)26-20(18)22-14(6)21-19/h11-13H,7-10H2,1-6H3. The highest BCUT2D eigenvalue weighted by molar-refractivity contribution is 8.00. The average Bonchev–Trinajstić information content (AvgIpc) is 2.88. The fourth-order valence-electron chi connectivity index (χ4n) is 3.89. The lowest BCUT2D eigenvalue weighted by molar-refractivity contribution is -0.131. The lowest BCUT2D eigenvalue weighted by Crippen LogP contribution is -2.43. The maximum Gasteiger partial charge on any atom is 0.233 e. The van der Waals surface area contributed by atoms with Crippen LogP contribution in [-0.2, 0) is 17.6 Å². The molecule has 2 aromatic heterocycles. The van der Waals surface area contributed by atoms with Crippen molar-refractivity contribution in [2.24, 2.45) is 5.92 Å². The fraction of sp³-hybridized carbons (Fsp3) is 0.650. The van der Waals surface area contributed by atoms with E-state index in [9.17, 15) is 4.79 Å². The van der Waals surface area contributed by atoms with Crippen molar-refractivity contribution in [1.82, 2.24) is 14.9 Å². The van der Waals surface area contributed by atoms with E-state index in [1.807, 2.05) is 23.2 Å². The number of nitrogens with zero attached hydrogens (tertiary/aromatic N) is 3. The average molecular weight is 392 g/mol. The lowest BCUT2D eigenvalue weighted by atomic mass is 9.89. The molecule has 0 aromatic carbocycles. The minimum Gasteiger partial charge on any atom is -0.337 e. The molecule has 6 heteroatoms. The summed E-state index contributed by atoms with van der Waals surface area (Å²) in [4.78, 5) is 26.7. The van der Waals surface area contributed by atoms with Gasteiger partial charge in [0, 0.05) is 22.3 Å². The van der Waals surface area contributed by atoms with Gasteiger partial charge in [-0.3, -0.25) is 4.79 Å². The van der Waals surface area contributed by atoms with Crippen LogP contribution in [0.2, 0.25) is 0 Å². The van der Waals surface area contributed by atoms with Crippen LogP contribution in [0.1, 0.15) is 57.3 Å². The van der Waals surface area contributed by atoms with Crippen molar-refractivity contribution < 1.29 is 4.79 Å². The van der Waals surface area contributed by atoms with Gasteiger partial charge < -0.3 is 4.90 Å². The molecule has 0 bridgehead atoms. The van der Waals surface area contributed by atoms with E-state index in [2.05, 4.69) is 39.6 Å². The number of carbonyl (C=O) groups excluding carboxylic acids is 1. The highest BCUT2D eigenvalue weighted by Crippen LogP contribution is 2.40. The molecule has 0 saturated carbocycles. The second-order valence-corrected chi connectivity index (χ2v) is 9.93. The van der Waals surface area contributed by atoms with Crippen LogP contribution in [0, 0.1) is 12.8 Å². The maximum atomic E-state index is 12.8. The Balaban J connectivity index is 1.89. The van der Waals surface area contributed by atoms with Gasteiger partial charge in [0.1, 0.15) is 15.7 Å². The van der Waals surface area contributed by atoms with E-state index in [-0.39, 0.29) is 18.0 Å². The van der Waals surface area contributed by atoms with E-state index in [0.717, 1.165) is 34.4 Å². The summed E-state index contributed by atoms with van der Waals surface area (Å²) < 4.78 is 0. The Hall–Kier alpha value is -1.14. The molecule has 1 unspecified atom stereocenters. The highest BCUT2D eigenvalue weighted by atomic mass is 32.2. The van der Waals surface area contributed by atoms with Gasteiger partial charge >= 0.3 is 0 Å². The van der Waals surface area contributed by atoms with E-state index >= 15 is 0 Å². The number of thiophene rings is 1. The summed E-state index contributed by atoms with van der Waals surface area (Å²) in [5.41, 5.74) is 1.43. The van der Waals surface area contributed by atoms with Crippen LogP contribution >= 0.6 is 23.1 Å². The molecule has 0 N–H and O–H groups in total. The topological polar surface area (TPSA) is 46.1 Å². The van der Waals surface area contributed by atoms with Gasteiger partial charge in [-0.15, -0.1) is 11.3 Å². The number of rotatable bonds is 5.